The predicted molar refractivity (Wildman–Crippen MR) is 55.5 cm³/mol. The van der Waals surface area contributed by atoms with E-state index >= 15 is 0 Å². The quantitative estimate of drug-likeness (QED) is 0.646. The molecule has 1 rings (SSSR count). The molecule has 0 N–H and O–H groups in total. The van der Waals surface area contributed by atoms with Crippen molar-refractivity contribution in [2.24, 2.45) is 0 Å². The van der Waals surface area contributed by atoms with Crippen molar-refractivity contribution in [2.75, 3.05) is 19.0 Å². The Bertz CT molecular complexity index is 329. The highest BCUT2D eigenvalue weighted by atomic mass is 16.1. The van der Waals surface area contributed by atoms with Crippen LogP contribution >= 0.6 is 0 Å². The van der Waals surface area contributed by atoms with Gasteiger partial charge in [0, 0.05) is 25.3 Å². The fourth-order valence-corrected chi connectivity index (χ4v) is 1.32. The maximum atomic E-state index is 11.1. The van der Waals surface area contributed by atoms with Crippen molar-refractivity contribution in [2.45, 2.75) is 13.8 Å². The third kappa shape index (κ3) is 2.08. The predicted octanol–water partition coefficient (Wildman–Crippen LogP) is 2.26. The third-order valence-corrected chi connectivity index (χ3v) is 2.11. The lowest BCUT2D eigenvalue weighted by Crippen LogP contribution is -2.09. The van der Waals surface area contributed by atoms with E-state index in [2.05, 4.69) is 0 Å². The summed E-state index contributed by atoms with van der Waals surface area (Å²) in [6.45, 7) is 3.56. The Balaban J connectivity index is 3.13. The minimum Gasteiger partial charge on any atom is -0.378 e. The molecule has 13 heavy (non-hydrogen) atoms. The smallest absolute Gasteiger partial charge is 0.160 e. The summed E-state index contributed by atoms with van der Waals surface area (Å²) in [5.41, 5.74) is 2.98. The Morgan fingerprint density at radius 1 is 1.31 bits per heavy atom. The van der Waals surface area contributed by atoms with Gasteiger partial charge in [0.2, 0.25) is 0 Å². The number of benzene rings is 1. The van der Waals surface area contributed by atoms with Crippen molar-refractivity contribution in [1.82, 2.24) is 0 Å². The maximum Gasteiger partial charge on any atom is 0.160 e. The number of carbonyl (C=O) groups is 1. The molecule has 0 bridgehead atoms. The number of rotatable bonds is 2. The summed E-state index contributed by atoms with van der Waals surface area (Å²) < 4.78 is 0. The van der Waals surface area contributed by atoms with Gasteiger partial charge in [-0.1, -0.05) is 0 Å². The zero-order valence-corrected chi connectivity index (χ0v) is 8.59. The lowest BCUT2D eigenvalue weighted by molar-refractivity contribution is 0.101. The Labute approximate surface area is 79.2 Å². The Morgan fingerprint density at radius 3 is 2.31 bits per heavy atom. The highest BCUT2D eigenvalue weighted by molar-refractivity contribution is 5.95. The number of Topliss-reactive ketones (excluding diaryl/α,β-unsaturated/α-hetero) is 1. The van der Waals surface area contributed by atoms with Crippen molar-refractivity contribution in [1.29, 1.82) is 0 Å². The van der Waals surface area contributed by atoms with Gasteiger partial charge in [-0.2, -0.15) is 0 Å². The van der Waals surface area contributed by atoms with Gasteiger partial charge in [0.25, 0.3) is 0 Å². The minimum atomic E-state index is 0.128. The molecule has 70 valence electrons. The van der Waals surface area contributed by atoms with Crippen LogP contribution in [0.15, 0.2) is 18.2 Å². The molecule has 0 atom stereocenters. The molecule has 0 unspecified atom stereocenters. The number of anilines is 1. The summed E-state index contributed by atoms with van der Waals surface area (Å²) in [6, 6.07) is 5.87. The van der Waals surface area contributed by atoms with Crippen LogP contribution in [0, 0.1) is 6.92 Å². The molecule has 0 aliphatic heterocycles. The molecule has 0 fully saturated rings. The lowest BCUT2D eigenvalue weighted by Gasteiger charge is -2.13. The second-order valence-corrected chi connectivity index (χ2v) is 3.45. The fraction of sp³-hybridized carbons (Fsp3) is 0.364. The molecule has 0 heterocycles. The summed E-state index contributed by atoms with van der Waals surface area (Å²) in [6.07, 6.45) is 0. The van der Waals surface area contributed by atoms with Crippen molar-refractivity contribution < 1.29 is 4.79 Å². The van der Waals surface area contributed by atoms with Crippen molar-refractivity contribution in [3.63, 3.8) is 0 Å². The number of aryl methyl sites for hydroxylation is 1. The number of nitrogens with zero attached hydrogens (tertiary/aromatic N) is 1. The lowest BCUT2D eigenvalue weighted by atomic mass is 10.0. The first-order valence-corrected chi connectivity index (χ1v) is 4.31. The van der Waals surface area contributed by atoms with Gasteiger partial charge in [0.15, 0.2) is 5.78 Å². The fourth-order valence-electron chi connectivity index (χ4n) is 1.32. The van der Waals surface area contributed by atoms with E-state index in [1.165, 1.54) is 0 Å². The van der Waals surface area contributed by atoms with Gasteiger partial charge in [-0.25, -0.2) is 0 Å². The number of ketones is 1. The van der Waals surface area contributed by atoms with Gasteiger partial charge >= 0.3 is 0 Å². The van der Waals surface area contributed by atoms with E-state index < -0.39 is 0 Å². The highest BCUT2D eigenvalue weighted by Gasteiger charge is 2.04. The first kappa shape index (κ1) is 9.78. The summed E-state index contributed by atoms with van der Waals surface area (Å²) in [7, 11) is 3.98. The van der Waals surface area contributed by atoms with Crippen molar-refractivity contribution >= 4 is 11.5 Å². The molecule has 0 spiro atoms. The van der Waals surface area contributed by atoms with E-state index in [1.54, 1.807) is 6.92 Å². The number of carbonyl (C=O) groups excluding carboxylic acids is 1. The second kappa shape index (κ2) is 3.60. The van der Waals surface area contributed by atoms with Crippen molar-refractivity contribution in [3.8, 4) is 0 Å². The standard InChI is InChI=1S/C11H15NO/c1-8-7-10(12(3)4)5-6-11(8)9(2)13/h5-7H,1-4H3. The SMILES string of the molecule is CC(=O)c1ccc(N(C)C)cc1C. The van der Waals surface area contributed by atoms with E-state index in [0.29, 0.717) is 0 Å². The summed E-state index contributed by atoms with van der Waals surface area (Å²) in [5.74, 6) is 0.128. The molecule has 0 aromatic heterocycles. The first-order valence-electron chi connectivity index (χ1n) is 4.31. The zero-order valence-electron chi connectivity index (χ0n) is 8.59. The monoisotopic (exact) mass is 177 g/mol. The number of hydrogen-bond acceptors (Lipinski definition) is 2. The van der Waals surface area contributed by atoms with Gasteiger partial charge in [-0.15, -0.1) is 0 Å². The van der Waals surface area contributed by atoms with Crippen LogP contribution < -0.4 is 4.90 Å². The number of hydrogen-bond donors (Lipinski definition) is 0. The van der Waals surface area contributed by atoms with Crippen LogP contribution in [0.25, 0.3) is 0 Å². The second-order valence-electron chi connectivity index (χ2n) is 3.45. The highest BCUT2D eigenvalue weighted by Crippen LogP contribution is 2.17. The Morgan fingerprint density at radius 2 is 1.92 bits per heavy atom. The van der Waals surface area contributed by atoms with Crippen LogP contribution in [0.5, 0.6) is 0 Å². The average molecular weight is 177 g/mol. The molecule has 1 aromatic rings. The van der Waals surface area contributed by atoms with E-state index in [4.69, 9.17) is 0 Å². The zero-order chi connectivity index (χ0) is 10.0. The van der Waals surface area contributed by atoms with E-state index in [9.17, 15) is 4.79 Å². The molecule has 0 aliphatic carbocycles. The van der Waals surface area contributed by atoms with Crippen LogP contribution in [-0.4, -0.2) is 19.9 Å². The van der Waals surface area contributed by atoms with E-state index in [0.717, 1.165) is 16.8 Å². The summed E-state index contributed by atoms with van der Waals surface area (Å²) in [4.78, 5) is 13.2. The Hall–Kier alpha value is -1.31. The van der Waals surface area contributed by atoms with Crippen LogP contribution in [-0.2, 0) is 0 Å². The van der Waals surface area contributed by atoms with Crippen LogP contribution in [0.4, 0.5) is 5.69 Å². The van der Waals surface area contributed by atoms with Gasteiger partial charge in [0.1, 0.15) is 0 Å². The first-order chi connectivity index (χ1) is 6.02. The molecule has 0 saturated heterocycles. The summed E-state index contributed by atoms with van der Waals surface area (Å²) >= 11 is 0. The van der Waals surface area contributed by atoms with E-state index in [1.807, 2.05) is 44.1 Å². The Kier molecular flexibility index (Phi) is 2.71. The third-order valence-electron chi connectivity index (χ3n) is 2.11. The average Bonchev–Trinajstić information content (AvgIpc) is 2.03. The van der Waals surface area contributed by atoms with Gasteiger partial charge in [-0.3, -0.25) is 4.79 Å². The molecular weight excluding hydrogens is 162 g/mol. The molecule has 2 nitrogen and oxygen atoms in total. The van der Waals surface area contributed by atoms with Gasteiger partial charge < -0.3 is 4.90 Å². The molecule has 1 aromatic carbocycles. The molecule has 0 radical (unpaired) electrons. The molecular formula is C11H15NO. The molecule has 0 amide bonds. The largest absolute Gasteiger partial charge is 0.378 e. The van der Waals surface area contributed by atoms with Crippen molar-refractivity contribution in [3.05, 3.63) is 29.3 Å². The normalized spacial score (nSPS) is 9.85. The molecule has 0 saturated carbocycles. The molecule has 0 aliphatic rings. The van der Waals surface area contributed by atoms with Crippen LogP contribution in [0.2, 0.25) is 0 Å². The minimum absolute atomic E-state index is 0.128. The van der Waals surface area contributed by atoms with Crippen LogP contribution in [0.3, 0.4) is 0 Å². The molecule has 2 heteroatoms. The van der Waals surface area contributed by atoms with E-state index in [-0.39, 0.29) is 5.78 Å². The summed E-state index contributed by atoms with van der Waals surface area (Å²) in [5, 5.41) is 0. The maximum absolute atomic E-state index is 11.1. The topological polar surface area (TPSA) is 20.3 Å². The van der Waals surface area contributed by atoms with Gasteiger partial charge in [-0.05, 0) is 37.6 Å². The van der Waals surface area contributed by atoms with Crippen LogP contribution in [0.1, 0.15) is 22.8 Å². The van der Waals surface area contributed by atoms with Gasteiger partial charge in [0.05, 0.1) is 0 Å².